The second kappa shape index (κ2) is 5.92. The number of aryl methyl sites for hydroxylation is 1. The number of nitrogens with one attached hydrogen (secondary N) is 1. The minimum Gasteiger partial charge on any atom is -0.338 e. The molecular formula is C18H27N3O. The number of rotatable bonds is 5. The number of nitrogens with zero attached hydrogens (tertiary/aromatic N) is 2. The molecule has 4 heteroatoms. The van der Waals surface area contributed by atoms with Crippen LogP contribution in [0.2, 0.25) is 0 Å². The minimum absolute atomic E-state index is 0.0511. The van der Waals surface area contributed by atoms with Crippen molar-refractivity contribution in [3.05, 3.63) is 35.4 Å². The molecule has 22 heavy (non-hydrogen) atoms. The van der Waals surface area contributed by atoms with E-state index >= 15 is 0 Å². The van der Waals surface area contributed by atoms with Crippen LogP contribution in [0.5, 0.6) is 0 Å². The number of carbonyl (C=O) groups excluding carboxylic acids is 1. The summed E-state index contributed by atoms with van der Waals surface area (Å²) in [6, 6.07) is 8.88. The maximum Gasteiger partial charge on any atom is 0.317 e. The van der Waals surface area contributed by atoms with E-state index in [0.717, 1.165) is 19.6 Å². The van der Waals surface area contributed by atoms with Crippen LogP contribution >= 0.6 is 0 Å². The molecule has 0 heterocycles. The van der Waals surface area contributed by atoms with E-state index in [1.165, 1.54) is 30.4 Å². The smallest absolute Gasteiger partial charge is 0.317 e. The first-order valence-electron chi connectivity index (χ1n) is 8.25. The van der Waals surface area contributed by atoms with Crippen LogP contribution < -0.4 is 5.32 Å². The average molecular weight is 301 g/mol. The summed E-state index contributed by atoms with van der Waals surface area (Å²) in [5, 5.41) is 3.12. The molecule has 0 aliphatic heterocycles. The predicted octanol–water partition coefficient (Wildman–Crippen LogP) is 2.09. The number of benzene rings is 1. The van der Waals surface area contributed by atoms with Crippen molar-refractivity contribution in [1.29, 1.82) is 0 Å². The molecule has 3 rings (SSSR count). The van der Waals surface area contributed by atoms with Gasteiger partial charge in [-0.2, -0.15) is 0 Å². The molecule has 2 atom stereocenters. The molecule has 0 bridgehead atoms. The molecule has 1 aromatic carbocycles. The zero-order valence-corrected chi connectivity index (χ0v) is 13.9. The van der Waals surface area contributed by atoms with Gasteiger partial charge in [-0.1, -0.05) is 24.3 Å². The maximum absolute atomic E-state index is 12.1. The van der Waals surface area contributed by atoms with Gasteiger partial charge in [0.15, 0.2) is 0 Å². The number of likely N-dealkylation sites (N-methyl/N-ethyl adjacent to an activating group) is 2. The number of hydrogen-bond donors (Lipinski definition) is 1. The Kier molecular flexibility index (Phi) is 4.13. The predicted molar refractivity (Wildman–Crippen MR) is 89.1 cm³/mol. The van der Waals surface area contributed by atoms with Gasteiger partial charge >= 0.3 is 6.03 Å². The zero-order valence-electron chi connectivity index (χ0n) is 13.9. The second-order valence-corrected chi connectivity index (χ2v) is 7.13. The van der Waals surface area contributed by atoms with Gasteiger partial charge in [-0.05, 0) is 50.4 Å². The highest BCUT2D eigenvalue weighted by molar-refractivity contribution is 5.73. The van der Waals surface area contributed by atoms with Gasteiger partial charge in [0.25, 0.3) is 0 Å². The first-order valence-corrected chi connectivity index (χ1v) is 8.25. The quantitative estimate of drug-likeness (QED) is 0.904. The van der Waals surface area contributed by atoms with E-state index < -0.39 is 0 Å². The topological polar surface area (TPSA) is 35.6 Å². The summed E-state index contributed by atoms with van der Waals surface area (Å²) in [7, 11) is 5.92. The van der Waals surface area contributed by atoms with Crippen molar-refractivity contribution in [3.63, 3.8) is 0 Å². The van der Waals surface area contributed by atoms with Crippen LogP contribution in [0.25, 0.3) is 0 Å². The van der Waals surface area contributed by atoms with Crippen molar-refractivity contribution in [2.75, 3.05) is 40.8 Å². The number of amides is 2. The maximum atomic E-state index is 12.1. The summed E-state index contributed by atoms with van der Waals surface area (Å²) in [5.74, 6) is 0.613. The first kappa shape index (κ1) is 15.3. The fourth-order valence-corrected chi connectivity index (χ4v) is 3.80. The van der Waals surface area contributed by atoms with E-state index in [0.29, 0.717) is 11.3 Å². The monoisotopic (exact) mass is 301 g/mol. The van der Waals surface area contributed by atoms with Crippen molar-refractivity contribution in [3.8, 4) is 0 Å². The Morgan fingerprint density at radius 3 is 2.82 bits per heavy atom. The highest BCUT2D eigenvalue weighted by atomic mass is 16.2. The molecule has 2 aliphatic carbocycles. The number of carbonyl (C=O) groups is 1. The Labute approximate surface area is 133 Å². The number of urea groups is 1. The van der Waals surface area contributed by atoms with Gasteiger partial charge < -0.3 is 15.1 Å². The lowest BCUT2D eigenvalue weighted by molar-refractivity contribution is 0.203. The summed E-state index contributed by atoms with van der Waals surface area (Å²) in [4.78, 5) is 16.0. The molecule has 120 valence electrons. The van der Waals surface area contributed by atoms with Gasteiger partial charge in [0.1, 0.15) is 0 Å². The Balaban J connectivity index is 1.50. The number of fused-ring (bicyclic) bond motifs is 2. The molecule has 1 spiro atoms. The van der Waals surface area contributed by atoms with Crippen molar-refractivity contribution < 1.29 is 4.79 Å². The third-order valence-corrected chi connectivity index (χ3v) is 5.36. The first-order chi connectivity index (χ1) is 10.5. The largest absolute Gasteiger partial charge is 0.338 e. The SMILES string of the molecule is CN(C)CCN(C)C(=O)NC[C@H]1C[C@@]12CCc1ccccc12. The van der Waals surface area contributed by atoms with Crippen LogP contribution in [0.3, 0.4) is 0 Å². The Morgan fingerprint density at radius 1 is 1.27 bits per heavy atom. The van der Waals surface area contributed by atoms with Crippen molar-refractivity contribution >= 4 is 6.03 Å². The second-order valence-electron chi connectivity index (χ2n) is 7.13. The Hall–Kier alpha value is -1.55. The molecule has 0 unspecified atom stereocenters. The lowest BCUT2D eigenvalue weighted by Gasteiger charge is -2.20. The molecule has 2 amide bonds. The third-order valence-electron chi connectivity index (χ3n) is 5.36. The molecule has 1 N–H and O–H groups in total. The minimum atomic E-state index is 0.0511. The highest BCUT2D eigenvalue weighted by Gasteiger charge is 2.57. The molecule has 0 radical (unpaired) electrons. The summed E-state index contributed by atoms with van der Waals surface area (Å²) in [6.45, 7) is 2.46. The van der Waals surface area contributed by atoms with E-state index in [2.05, 4.69) is 34.5 Å². The molecule has 0 saturated heterocycles. The Bertz CT molecular complexity index is 557. The van der Waals surface area contributed by atoms with Crippen molar-refractivity contribution in [1.82, 2.24) is 15.1 Å². The lowest BCUT2D eigenvalue weighted by atomic mass is 9.95. The van der Waals surface area contributed by atoms with E-state index in [4.69, 9.17) is 0 Å². The van der Waals surface area contributed by atoms with Crippen LogP contribution in [0.15, 0.2) is 24.3 Å². The fourth-order valence-electron chi connectivity index (χ4n) is 3.80. The van der Waals surface area contributed by atoms with Gasteiger partial charge in [0, 0.05) is 32.1 Å². The van der Waals surface area contributed by atoms with Gasteiger partial charge in [-0.3, -0.25) is 0 Å². The molecule has 0 aromatic heterocycles. The van der Waals surface area contributed by atoms with Crippen molar-refractivity contribution in [2.45, 2.75) is 24.7 Å². The van der Waals surface area contributed by atoms with E-state index in [1.807, 2.05) is 21.1 Å². The van der Waals surface area contributed by atoms with Gasteiger partial charge in [0.05, 0.1) is 0 Å². The standard InChI is InChI=1S/C18H27N3O/c1-20(2)10-11-21(3)17(22)19-13-15-12-18(15)9-8-14-6-4-5-7-16(14)18/h4-7,15H,8-13H2,1-3H3,(H,19,22)/t15-,18+/m1/s1. The van der Waals surface area contributed by atoms with E-state index in [-0.39, 0.29) is 6.03 Å². The fraction of sp³-hybridized carbons (Fsp3) is 0.611. The third kappa shape index (κ3) is 2.84. The van der Waals surface area contributed by atoms with Gasteiger partial charge in [-0.25, -0.2) is 4.79 Å². The zero-order chi connectivity index (χ0) is 15.7. The summed E-state index contributed by atoms with van der Waals surface area (Å²) in [5.41, 5.74) is 3.42. The van der Waals surface area contributed by atoms with Crippen molar-refractivity contribution in [2.24, 2.45) is 5.92 Å². The van der Waals surface area contributed by atoms with Crippen LogP contribution in [0.1, 0.15) is 24.0 Å². The molecular weight excluding hydrogens is 274 g/mol. The van der Waals surface area contributed by atoms with Crippen LogP contribution in [0, 0.1) is 5.92 Å². The number of hydrogen-bond acceptors (Lipinski definition) is 2. The van der Waals surface area contributed by atoms with Gasteiger partial charge in [-0.15, -0.1) is 0 Å². The normalized spacial score (nSPS) is 25.4. The lowest BCUT2D eigenvalue weighted by Crippen LogP contribution is -2.41. The summed E-state index contributed by atoms with van der Waals surface area (Å²) >= 11 is 0. The van der Waals surface area contributed by atoms with Crippen LogP contribution in [-0.2, 0) is 11.8 Å². The average Bonchev–Trinajstić information content (AvgIpc) is 3.09. The molecule has 4 nitrogen and oxygen atoms in total. The molecule has 1 fully saturated rings. The molecule has 1 saturated carbocycles. The van der Waals surface area contributed by atoms with Gasteiger partial charge in [0.2, 0.25) is 0 Å². The van der Waals surface area contributed by atoms with Crippen LogP contribution in [0.4, 0.5) is 4.79 Å². The van der Waals surface area contributed by atoms with Crippen LogP contribution in [-0.4, -0.2) is 56.6 Å². The summed E-state index contributed by atoms with van der Waals surface area (Å²) in [6.07, 6.45) is 3.68. The van der Waals surface area contributed by atoms with E-state index in [1.54, 1.807) is 4.90 Å². The molecule has 1 aromatic rings. The summed E-state index contributed by atoms with van der Waals surface area (Å²) < 4.78 is 0. The molecule has 2 aliphatic rings. The van der Waals surface area contributed by atoms with E-state index in [9.17, 15) is 4.79 Å². The Morgan fingerprint density at radius 2 is 2.05 bits per heavy atom. The highest BCUT2D eigenvalue weighted by Crippen LogP contribution is 2.61.